The number of aldehydes is 1. The summed E-state index contributed by atoms with van der Waals surface area (Å²) in [6, 6.07) is 16.5. The van der Waals surface area contributed by atoms with E-state index in [1.54, 1.807) is 6.07 Å². The Labute approximate surface area is 166 Å². The number of hydrogen-bond acceptors (Lipinski definition) is 2. The van der Waals surface area contributed by atoms with E-state index in [0.717, 1.165) is 44.4 Å². The molecule has 0 fully saturated rings. The van der Waals surface area contributed by atoms with Gasteiger partial charge in [-0.05, 0) is 41.8 Å². The van der Waals surface area contributed by atoms with E-state index in [0.29, 0.717) is 5.56 Å². The smallest absolute Gasteiger partial charge is 0.152 e. The summed E-state index contributed by atoms with van der Waals surface area (Å²) in [4.78, 5) is 16.8. The summed E-state index contributed by atoms with van der Waals surface area (Å²) in [5.41, 5.74) is 5.65. The van der Waals surface area contributed by atoms with Crippen LogP contribution in [0.15, 0.2) is 54.6 Å². The van der Waals surface area contributed by atoms with Gasteiger partial charge in [0.25, 0.3) is 0 Å². The fourth-order valence-corrected chi connectivity index (χ4v) is 3.47. The van der Waals surface area contributed by atoms with Gasteiger partial charge in [0.1, 0.15) is 5.82 Å². The minimum Gasteiger partial charge on any atom is -0.298 e. The molecule has 0 saturated carbocycles. The number of carbonyl (C=O) groups is 1. The molecule has 2 nitrogen and oxygen atoms in total. The SMILES string of the molecule is Cc1cc(F)ccc1-c1cc(-c2ccccc2)nc(C(C)CI)c1C=O. The highest BCUT2D eigenvalue weighted by Crippen LogP contribution is 2.34. The minimum atomic E-state index is -0.280. The molecule has 3 rings (SSSR count). The third-order valence-electron chi connectivity index (χ3n) is 4.45. The third-order valence-corrected chi connectivity index (χ3v) is 5.77. The van der Waals surface area contributed by atoms with Crippen LogP contribution in [0.4, 0.5) is 4.39 Å². The average Bonchev–Trinajstić information content (AvgIpc) is 2.67. The molecule has 0 spiro atoms. The summed E-state index contributed by atoms with van der Waals surface area (Å²) in [5.74, 6) is -0.143. The average molecular weight is 459 g/mol. The van der Waals surface area contributed by atoms with Crippen LogP contribution in [0.3, 0.4) is 0 Å². The van der Waals surface area contributed by atoms with Gasteiger partial charge in [-0.3, -0.25) is 9.78 Å². The Bertz CT molecular complexity index is 940. The van der Waals surface area contributed by atoms with Crippen LogP contribution >= 0.6 is 22.6 Å². The van der Waals surface area contributed by atoms with Crippen molar-refractivity contribution in [3.63, 3.8) is 0 Å². The summed E-state index contributed by atoms with van der Waals surface area (Å²) < 4.78 is 14.4. The number of hydrogen-bond donors (Lipinski definition) is 0. The molecule has 4 heteroatoms. The first kappa shape index (κ1) is 18.7. The molecule has 1 heterocycles. The molecule has 1 atom stereocenters. The van der Waals surface area contributed by atoms with Gasteiger partial charge in [-0.25, -0.2) is 4.39 Å². The van der Waals surface area contributed by atoms with E-state index < -0.39 is 0 Å². The largest absolute Gasteiger partial charge is 0.298 e. The Morgan fingerprint density at radius 3 is 2.46 bits per heavy atom. The van der Waals surface area contributed by atoms with Crippen molar-refractivity contribution in [1.29, 1.82) is 0 Å². The molecule has 0 aliphatic heterocycles. The Balaban J connectivity index is 2.32. The number of halogens is 2. The van der Waals surface area contributed by atoms with Gasteiger partial charge in [0.05, 0.1) is 11.4 Å². The van der Waals surface area contributed by atoms with Crippen LogP contribution in [0.1, 0.15) is 34.5 Å². The molecule has 1 unspecified atom stereocenters. The van der Waals surface area contributed by atoms with E-state index in [1.165, 1.54) is 12.1 Å². The zero-order chi connectivity index (χ0) is 18.7. The van der Waals surface area contributed by atoms with E-state index in [9.17, 15) is 9.18 Å². The van der Waals surface area contributed by atoms with E-state index in [2.05, 4.69) is 29.5 Å². The summed E-state index contributed by atoms with van der Waals surface area (Å²) >= 11 is 2.31. The summed E-state index contributed by atoms with van der Waals surface area (Å²) in [6.45, 7) is 3.93. The lowest BCUT2D eigenvalue weighted by molar-refractivity contribution is 0.112. The monoisotopic (exact) mass is 459 g/mol. The van der Waals surface area contributed by atoms with Crippen LogP contribution in [0.2, 0.25) is 0 Å². The van der Waals surface area contributed by atoms with E-state index >= 15 is 0 Å². The Hall–Kier alpha value is -2.08. The van der Waals surface area contributed by atoms with Crippen molar-refractivity contribution >= 4 is 28.9 Å². The fourth-order valence-electron chi connectivity index (χ4n) is 3.06. The maximum atomic E-state index is 13.6. The second kappa shape index (κ2) is 8.08. The molecule has 0 N–H and O–H groups in total. The molecule has 0 radical (unpaired) electrons. The maximum Gasteiger partial charge on any atom is 0.152 e. The molecule has 0 bridgehead atoms. The van der Waals surface area contributed by atoms with Crippen LogP contribution in [-0.2, 0) is 0 Å². The van der Waals surface area contributed by atoms with Gasteiger partial charge in [-0.2, -0.15) is 0 Å². The summed E-state index contributed by atoms with van der Waals surface area (Å²) in [7, 11) is 0. The number of pyridine rings is 1. The summed E-state index contributed by atoms with van der Waals surface area (Å²) in [5, 5.41) is 0. The predicted molar refractivity (Wildman–Crippen MR) is 112 cm³/mol. The molecule has 132 valence electrons. The molecule has 26 heavy (non-hydrogen) atoms. The van der Waals surface area contributed by atoms with Gasteiger partial charge in [0.2, 0.25) is 0 Å². The highest BCUT2D eigenvalue weighted by atomic mass is 127. The first-order valence-electron chi connectivity index (χ1n) is 8.43. The van der Waals surface area contributed by atoms with E-state index in [-0.39, 0.29) is 11.7 Å². The molecule has 0 amide bonds. The lowest BCUT2D eigenvalue weighted by Crippen LogP contribution is -2.07. The highest BCUT2D eigenvalue weighted by molar-refractivity contribution is 14.1. The van der Waals surface area contributed by atoms with Crippen molar-refractivity contribution < 1.29 is 9.18 Å². The molecule has 2 aromatic carbocycles. The number of carbonyl (C=O) groups excluding carboxylic acids is 1. The van der Waals surface area contributed by atoms with Crippen LogP contribution < -0.4 is 0 Å². The summed E-state index contributed by atoms with van der Waals surface area (Å²) in [6.07, 6.45) is 0.873. The predicted octanol–water partition coefficient (Wildman–Crippen LogP) is 6.21. The van der Waals surface area contributed by atoms with Gasteiger partial charge < -0.3 is 0 Å². The number of nitrogens with zero attached hydrogens (tertiary/aromatic N) is 1. The first-order valence-corrected chi connectivity index (χ1v) is 9.95. The molecular weight excluding hydrogens is 440 g/mol. The van der Waals surface area contributed by atoms with Gasteiger partial charge in [-0.15, -0.1) is 0 Å². The minimum absolute atomic E-state index is 0.138. The van der Waals surface area contributed by atoms with Crippen molar-refractivity contribution in [1.82, 2.24) is 4.98 Å². The van der Waals surface area contributed by atoms with Crippen molar-refractivity contribution in [3.05, 3.63) is 77.2 Å². The van der Waals surface area contributed by atoms with Crippen molar-refractivity contribution in [2.24, 2.45) is 0 Å². The van der Waals surface area contributed by atoms with Crippen molar-refractivity contribution in [2.75, 3.05) is 4.43 Å². The lowest BCUT2D eigenvalue weighted by Gasteiger charge is -2.18. The van der Waals surface area contributed by atoms with Crippen molar-refractivity contribution in [2.45, 2.75) is 19.8 Å². The maximum absolute atomic E-state index is 13.6. The van der Waals surface area contributed by atoms with Crippen LogP contribution in [0, 0.1) is 12.7 Å². The van der Waals surface area contributed by atoms with E-state index in [4.69, 9.17) is 4.98 Å². The quantitative estimate of drug-likeness (QED) is 0.258. The Morgan fingerprint density at radius 2 is 1.85 bits per heavy atom. The first-order chi connectivity index (χ1) is 12.5. The topological polar surface area (TPSA) is 30.0 Å². The second-order valence-electron chi connectivity index (χ2n) is 6.35. The Morgan fingerprint density at radius 1 is 1.12 bits per heavy atom. The van der Waals surface area contributed by atoms with Gasteiger partial charge in [0, 0.05) is 21.5 Å². The highest BCUT2D eigenvalue weighted by Gasteiger charge is 2.19. The number of benzene rings is 2. The van der Waals surface area contributed by atoms with Crippen LogP contribution in [0.25, 0.3) is 22.4 Å². The van der Waals surface area contributed by atoms with Gasteiger partial charge in [0.15, 0.2) is 6.29 Å². The number of rotatable bonds is 5. The molecular formula is C22H19FINO. The van der Waals surface area contributed by atoms with E-state index in [1.807, 2.05) is 43.3 Å². The lowest BCUT2D eigenvalue weighted by atomic mass is 9.91. The van der Waals surface area contributed by atoms with Gasteiger partial charge in [-0.1, -0.05) is 65.9 Å². The molecule has 0 saturated heterocycles. The molecule has 3 aromatic rings. The number of alkyl halides is 1. The standard InChI is InChI=1S/C22H19FINO/c1-14-10-17(23)8-9-18(14)19-11-21(16-6-4-3-5-7-16)25-22(15(2)12-24)20(19)13-26/h3-11,13,15H,12H2,1-2H3. The second-order valence-corrected chi connectivity index (χ2v) is 7.23. The van der Waals surface area contributed by atoms with Crippen LogP contribution in [-0.4, -0.2) is 15.7 Å². The zero-order valence-electron chi connectivity index (χ0n) is 14.7. The Kier molecular flexibility index (Phi) is 5.81. The number of aromatic nitrogens is 1. The third kappa shape index (κ3) is 3.70. The van der Waals surface area contributed by atoms with Crippen LogP contribution in [0.5, 0.6) is 0 Å². The zero-order valence-corrected chi connectivity index (χ0v) is 16.8. The fraction of sp³-hybridized carbons (Fsp3) is 0.182. The van der Waals surface area contributed by atoms with Crippen molar-refractivity contribution in [3.8, 4) is 22.4 Å². The molecule has 0 aliphatic rings. The number of aryl methyl sites for hydroxylation is 1. The molecule has 0 aliphatic carbocycles. The normalized spacial score (nSPS) is 12.0. The molecule has 1 aromatic heterocycles. The van der Waals surface area contributed by atoms with Gasteiger partial charge >= 0.3 is 0 Å².